The first-order valence-electron chi connectivity index (χ1n) is 8.03. The highest BCUT2D eigenvalue weighted by Gasteiger charge is 2.16. The molecule has 5 heteroatoms. The normalized spacial score (nSPS) is 12.3. The predicted octanol–water partition coefficient (Wildman–Crippen LogP) is -0.348. The van der Waals surface area contributed by atoms with Gasteiger partial charge in [0.25, 0.3) is 0 Å². The van der Waals surface area contributed by atoms with E-state index in [1.165, 1.54) is 24.5 Å². The van der Waals surface area contributed by atoms with Crippen LogP contribution in [0.4, 0.5) is 0 Å². The molecule has 126 valence electrons. The van der Waals surface area contributed by atoms with Crippen molar-refractivity contribution >= 4 is 0 Å². The third-order valence-electron chi connectivity index (χ3n) is 4.18. The van der Waals surface area contributed by atoms with Gasteiger partial charge in [-0.25, -0.2) is 0 Å². The van der Waals surface area contributed by atoms with Crippen LogP contribution in [0.1, 0.15) is 19.4 Å². The number of likely N-dealkylation sites (N-methyl/N-ethyl adjacent to an activating group) is 2. The standard InChI is InChI=1S/C17H30N2O3/c1-7-19(8-2)10-9-18(3)13-14-11-16(21-5)17(22-6)12-15(14)20-4/h11-12H,7-10,13H2,1-6H3/p+2. The lowest BCUT2D eigenvalue weighted by Gasteiger charge is -2.20. The van der Waals surface area contributed by atoms with Crippen molar-refractivity contribution in [2.24, 2.45) is 0 Å². The van der Waals surface area contributed by atoms with Crippen molar-refractivity contribution < 1.29 is 24.0 Å². The number of ether oxygens (including phenoxy) is 3. The van der Waals surface area contributed by atoms with E-state index in [2.05, 4.69) is 20.9 Å². The van der Waals surface area contributed by atoms with E-state index in [4.69, 9.17) is 14.2 Å². The van der Waals surface area contributed by atoms with Gasteiger partial charge < -0.3 is 24.0 Å². The van der Waals surface area contributed by atoms with Crippen LogP contribution < -0.4 is 24.0 Å². The maximum atomic E-state index is 5.50. The Morgan fingerprint density at radius 3 is 1.86 bits per heavy atom. The van der Waals surface area contributed by atoms with Gasteiger partial charge >= 0.3 is 0 Å². The molecule has 0 fully saturated rings. The topological polar surface area (TPSA) is 36.6 Å². The molecule has 0 bridgehead atoms. The molecule has 0 aliphatic heterocycles. The summed E-state index contributed by atoms with van der Waals surface area (Å²) in [7, 11) is 7.22. The van der Waals surface area contributed by atoms with E-state index in [9.17, 15) is 0 Å². The lowest BCUT2D eigenvalue weighted by atomic mass is 10.1. The van der Waals surface area contributed by atoms with E-state index in [1.54, 1.807) is 26.2 Å². The highest BCUT2D eigenvalue weighted by atomic mass is 16.5. The molecule has 0 amide bonds. The fourth-order valence-corrected chi connectivity index (χ4v) is 2.64. The Labute approximate surface area is 134 Å². The fraction of sp³-hybridized carbons (Fsp3) is 0.647. The van der Waals surface area contributed by atoms with Crippen LogP contribution >= 0.6 is 0 Å². The Hall–Kier alpha value is -1.46. The Kier molecular flexibility index (Phi) is 8.06. The van der Waals surface area contributed by atoms with Crippen molar-refractivity contribution in [1.29, 1.82) is 0 Å². The second-order valence-electron chi connectivity index (χ2n) is 5.61. The Balaban J connectivity index is 2.78. The molecule has 1 aromatic rings. The lowest BCUT2D eigenvalue weighted by molar-refractivity contribution is -0.953. The molecule has 0 heterocycles. The molecule has 0 saturated carbocycles. The molecule has 1 aromatic carbocycles. The second-order valence-corrected chi connectivity index (χ2v) is 5.61. The van der Waals surface area contributed by atoms with Crippen molar-refractivity contribution in [3.8, 4) is 17.2 Å². The van der Waals surface area contributed by atoms with Crippen LogP contribution in [-0.4, -0.2) is 54.6 Å². The zero-order chi connectivity index (χ0) is 16.5. The predicted molar refractivity (Wildman–Crippen MR) is 88.5 cm³/mol. The Bertz CT molecular complexity index is 448. The first-order valence-corrected chi connectivity index (χ1v) is 8.03. The molecule has 1 atom stereocenters. The van der Waals surface area contributed by atoms with Gasteiger partial charge in [-0.3, -0.25) is 0 Å². The summed E-state index contributed by atoms with van der Waals surface area (Å²) in [6.07, 6.45) is 0. The van der Waals surface area contributed by atoms with E-state index < -0.39 is 0 Å². The van der Waals surface area contributed by atoms with Crippen LogP contribution in [0.2, 0.25) is 0 Å². The van der Waals surface area contributed by atoms with Crippen LogP contribution in [0.25, 0.3) is 0 Å². The zero-order valence-corrected chi connectivity index (χ0v) is 14.9. The summed E-state index contributed by atoms with van der Waals surface area (Å²) in [5, 5.41) is 0. The number of quaternary nitrogens is 2. The molecule has 0 spiro atoms. The lowest BCUT2D eigenvalue weighted by Crippen LogP contribution is -3.18. The van der Waals surface area contributed by atoms with Gasteiger partial charge in [-0.1, -0.05) is 0 Å². The molecule has 5 nitrogen and oxygen atoms in total. The van der Waals surface area contributed by atoms with Gasteiger partial charge in [-0.05, 0) is 19.9 Å². The highest BCUT2D eigenvalue weighted by molar-refractivity contribution is 5.50. The number of hydrogen-bond acceptors (Lipinski definition) is 3. The summed E-state index contributed by atoms with van der Waals surface area (Å²) < 4.78 is 16.2. The van der Waals surface area contributed by atoms with Gasteiger partial charge in [0, 0.05) is 6.07 Å². The molecule has 0 radical (unpaired) electrons. The van der Waals surface area contributed by atoms with Crippen molar-refractivity contribution in [2.45, 2.75) is 20.4 Å². The van der Waals surface area contributed by atoms with Crippen molar-refractivity contribution in [3.05, 3.63) is 17.7 Å². The largest absolute Gasteiger partial charge is 0.496 e. The number of methoxy groups -OCH3 is 3. The quantitative estimate of drug-likeness (QED) is 0.620. The zero-order valence-electron chi connectivity index (χ0n) is 14.9. The van der Waals surface area contributed by atoms with E-state index >= 15 is 0 Å². The van der Waals surface area contributed by atoms with E-state index in [0.717, 1.165) is 30.2 Å². The third kappa shape index (κ3) is 5.07. The molecule has 0 aliphatic carbocycles. The van der Waals surface area contributed by atoms with Gasteiger partial charge in [0.1, 0.15) is 25.4 Å². The van der Waals surface area contributed by atoms with Crippen LogP contribution in [-0.2, 0) is 6.54 Å². The average Bonchev–Trinajstić information content (AvgIpc) is 2.55. The van der Waals surface area contributed by atoms with Gasteiger partial charge in [-0.2, -0.15) is 0 Å². The first kappa shape index (κ1) is 18.6. The van der Waals surface area contributed by atoms with Crippen molar-refractivity contribution in [3.63, 3.8) is 0 Å². The molecule has 0 aromatic heterocycles. The smallest absolute Gasteiger partial charge is 0.164 e. The maximum absolute atomic E-state index is 5.50. The minimum atomic E-state index is 0.702. The highest BCUT2D eigenvalue weighted by Crippen LogP contribution is 2.34. The molecular weight excluding hydrogens is 280 g/mol. The van der Waals surface area contributed by atoms with E-state index in [-0.39, 0.29) is 0 Å². The Morgan fingerprint density at radius 1 is 0.818 bits per heavy atom. The van der Waals surface area contributed by atoms with Crippen LogP contribution in [0.5, 0.6) is 17.2 Å². The van der Waals surface area contributed by atoms with Gasteiger partial charge in [0.2, 0.25) is 0 Å². The van der Waals surface area contributed by atoms with Crippen LogP contribution in [0, 0.1) is 0 Å². The summed E-state index contributed by atoms with van der Waals surface area (Å²) in [6, 6.07) is 3.92. The molecular formula is C17H32N2O3+2. The summed E-state index contributed by atoms with van der Waals surface area (Å²) in [5.41, 5.74) is 1.15. The van der Waals surface area contributed by atoms with Crippen molar-refractivity contribution in [1.82, 2.24) is 0 Å². The first-order chi connectivity index (χ1) is 10.6. The van der Waals surface area contributed by atoms with Crippen molar-refractivity contribution in [2.75, 3.05) is 54.6 Å². The maximum Gasteiger partial charge on any atom is 0.164 e. The van der Waals surface area contributed by atoms with Gasteiger partial charge in [0.05, 0.1) is 47.0 Å². The van der Waals surface area contributed by atoms with E-state index in [0.29, 0.717) is 5.75 Å². The number of rotatable bonds is 10. The third-order valence-corrected chi connectivity index (χ3v) is 4.18. The molecule has 1 rings (SSSR count). The summed E-state index contributed by atoms with van der Waals surface area (Å²) in [4.78, 5) is 3.10. The number of benzene rings is 1. The molecule has 22 heavy (non-hydrogen) atoms. The monoisotopic (exact) mass is 312 g/mol. The fourth-order valence-electron chi connectivity index (χ4n) is 2.64. The molecule has 1 unspecified atom stereocenters. The SMILES string of the molecule is CC[NH+](CC)CC[NH+](C)Cc1cc(OC)c(OC)cc1OC. The second kappa shape index (κ2) is 9.54. The van der Waals surface area contributed by atoms with Gasteiger partial charge in [-0.15, -0.1) is 0 Å². The summed E-state index contributed by atoms with van der Waals surface area (Å²) in [5.74, 6) is 2.31. The van der Waals surface area contributed by atoms with Crippen LogP contribution in [0.3, 0.4) is 0 Å². The van der Waals surface area contributed by atoms with Gasteiger partial charge in [0.15, 0.2) is 11.5 Å². The number of hydrogen-bond donors (Lipinski definition) is 2. The molecule has 2 N–H and O–H groups in total. The number of nitrogens with one attached hydrogen (secondary N) is 2. The molecule has 0 saturated heterocycles. The van der Waals surface area contributed by atoms with E-state index in [1.807, 2.05) is 12.1 Å². The summed E-state index contributed by atoms with van der Waals surface area (Å²) >= 11 is 0. The Morgan fingerprint density at radius 2 is 1.36 bits per heavy atom. The minimum Gasteiger partial charge on any atom is -0.496 e. The minimum absolute atomic E-state index is 0.702. The average molecular weight is 312 g/mol. The van der Waals surface area contributed by atoms with Crippen LogP contribution in [0.15, 0.2) is 12.1 Å². The summed E-state index contributed by atoms with van der Waals surface area (Å²) in [6.45, 7) is 10.1. The molecule has 0 aliphatic rings.